The van der Waals surface area contributed by atoms with Crippen molar-refractivity contribution < 1.29 is 0 Å². The van der Waals surface area contributed by atoms with Crippen molar-refractivity contribution in [2.75, 3.05) is 17.2 Å². The molecule has 0 unspecified atom stereocenters. The molecule has 5 nitrogen and oxygen atoms in total. The number of aromatic nitrogens is 3. The van der Waals surface area contributed by atoms with Crippen LogP contribution in [0.1, 0.15) is 6.92 Å². The van der Waals surface area contributed by atoms with Crippen molar-refractivity contribution in [3.05, 3.63) is 46.8 Å². The lowest BCUT2D eigenvalue weighted by molar-refractivity contribution is 1.09. The van der Waals surface area contributed by atoms with Crippen LogP contribution >= 0.6 is 23.2 Å². The van der Waals surface area contributed by atoms with Gasteiger partial charge in [-0.2, -0.15) is 0 Å². The molecule has 0 spiro atoms. The molecule has 3 rings (SSSR count). The first-order valence-corrected chi connectivity index (χ1v) is 7.22. The highest BCUT2D eigenvalue weighted by Crippen LogP contribution is 2.29. The Morgan fingerprint density at radius 1 is 1.29 bits per heavy atom. The lowest BCUT2D eigenvalue weighted by atomic mass is 10.3. The van der Waals surface area contributed by atoms with Gasteiger partial charge in [0.2, 0.25) is 0 Å². The lowest BCUT2D eigenvalue weighted by Gasteiger charge is -2.11. The van der Waals surface area contributed by atoms with Gasteiger partial charge in [0, 0.05) is 24.0 Å². The Morgan fingerprint density at radius 2 is 2.14 bits per heavy atom. The molecular formula is C14H13Cl2N5. The standard InChI is InChI=1S/C14H13Cl2N5/c1-2-17-12-8-21-6-5-18-14(21)13(20-12)19-11-4-3-9(15)7-10(11)16/h3-8,17H,2H2,1H3,(H,19,20). The maximum atomic E-state index is 6.19. The highest BCUT2D eigenvalue weighted by molar-refractivity contribution is 6.36. The fourth-order valence-electron chi connectivity index (χ4n) is 2.00. The monoisotopic (exact) mass is 321 g/mol. The number of nitrogens with one attached hydrogen (secondary N) is 2. The number of hydrogen-bond acceptors (Lipinski definition) is 4. The van der Waals surface area contributed by atoms with Crippen LogP contribution in [0.4, 0.5) is 17.3 Å². The Balaban J connectivity index is 2.04. The van der Waals surface area contributed by atoms with Crippen LogP contribution < -0.4 is 10.6 Å². The van der Waals surface area contributed by atoms with Crippen molar-refractivity contribution in [3.8, 4) is 0 Å². The van der Waals surface area contributed by atoms with Crippen molar-refractivity contribution in [1.29, 1.82) is 0 Å². The van der Waals surface area contributed by atoms with Crippen LogP contribution in [-0.4, -0.2) is 20.9 Å². The normalized spacial score (nSPS) is 10.8. The number of nitrogens with zero attached hydrogens (tertiary/aromatic N) is 3. The second-order valence-electron chi connectivity index (χ2n) is 4.41. The third-order valence-electron chi connectivity index (χ3n) is 2.92. The number of benzene rings is 1. The van der Waals surface area contributed by atoms with Crippen LogP contribution in [-0.2, 0) is 0 Å². The van der Waals surface area contributed by atoms with E-state index in [0.717, 1.165) is 23.7 Å². The first kappa shape index (κ1) is 14.0. The lowest BCUT2D eigenvalue weighted by Crippen LogP contribution is -2.05. The van der Waals surface area contributed by atoms with Gasteiger partial charge in [-0.1, -0.05) is 23.2 Å². The summed E-state index contributed by atoms with van der Waals surface area (Å²) in [5, 5.41) is 7.51. The smallest absolute Gasteiger partial charge is 0.180 e. The van der Waals surface area contributed by atoms with Crippen LogP contribution in [0.3, 0.4) is 0 Å². The van der Waals surface area contributed by atoms with Gasteiger partial charge in [0.25, 0.3) is 0 Å². The van der Waals surface area contributed by atoms with Gasteiger partial charge in [0.15, 0.2) is 11.5 Å². The molecule has 21 heavy (non-hydrogen) atoms. The molecule has 0 aliphatic carbocycles. The third-order valence-corrected chi connectivity index (χ3v) is 3.46. The number of halogens is 2. The van der Waals surface area contributed by atoms with Gasteiger partial charge in [0.1, 0.15) is 5.82 Å². The minimum Gasteiger partial charge on any atom is -0.369 e. The highest BCUT2D eigenvalue weighted by Gasteiger charge is 2.09. The summed E-state index contributed by atoms with van der Waals surface area (Å²) in [6, 6.07) is 5.26. The van der Waals surface area contributed by atoms with Crippen molar-refractivity contribution in [3.63, 3.8) is 0 Å². The molecule has 2 heterocycles. The van der Waals surface area contributed by atoms with Gasteiger partial charge in [-0.05, 0) is 25.1 Å². The van der Waals surface area contributed by atoms with Crippen molar-refractivity contribution in [2.24, 2.45) is 0 Å². The maximum absolute atomic E-state index is 6.19. The Morgan fingerprint density at radius 3 is 2.90 bits per heavy atom. The summed E-state index contributed by atoms with van der Waals surface area (Å²) in [4.78, 5) is 8.83. The Hall–Kier alpha value is -1.98. The Kier molecular flexibility index (Phi) is 3.86. The summed E-state index contributed by atoms with van der Waals surface area (Å²) in [6.07, 6.45) is 5.48. The molecule has 0 bridgehead atoms. The molecule has 0 atom stereocenters. The van der Waals surface area contributed by atoms with E-state index >= 15 is 0 Å². The largest absolute Gasteiger partial charge is 0.369 e. The zero-order valence-electron chi connectivity index (χ0n) is 11.3. The molecule has 0 aliphatic heterocycles. The van der Waals surface area contributed by atoms with Gasteiger partial charge < -0.3 is 15.0 Å². The second kappa shape index (κ2) is 5.79. The van der Waals surface area contributed by atoms with E-state index in [-0.39, 0.29) is 0 Å². The van der Waals surface area contributed by atoms with Crippen LogP contribution in [0.15, 0.2) is 36.8 Å². The summed E-state index contributed by atoms with van der Waals surface area (Å²) in [6.45, 7) is 2.80. The zero-order chi connectivity index (χ0) is 14.8. The number of fused-ring (bicyclic) bond motifs is 1. The molecule has 0 aliphatic rings. The molecule has 1 aromatic carbocycles. The molecule has 0 amide bonds. The molecule has 3 aromatic rings. The van der Waals surface area contributed by atoms with E-state index in [4.69, 9.17) is 23.2 Å². The number of anilines is 3. The summed E-state index contributed by atoms with van der Waals surface area (Å²) in [5.74, 6) is 1.39. The Labute approximate surface area is 131 Å². The predicted molar refractivity (Wildman–Crippen MR) is 86.9 cm³/mol. The molecule has 0 fully saturated rings. The highest BCUT2D eigenvalue weighted by atomic mass is 35.5. The van der Waals surface area contributed by atoms with Crippen LogP contribution in [0.2, 0.25) is 10.0 Å². The summed E-state index contributed by atoms with van der Waals surface area (Å²) in [5.41, 5.74) is 1.45. The average molecular weight is 322 g/mol. The van der Waals surface area contributed by atoms with Crippen molar-refractivity contribution in [1.82, 2.24) is 14.4 Å². The summed E-state index contributed by atoms with van der Waals surface area (Å²) < 4.78 is 1.90. The van der Waals surface area contributed by atoms with E-state index in [2.05, 4.69) is 20.6 Å². The first-order valence-electron chi connectivity index (χ1n) is 6.47. The van der Waals surface area contributed by atoms with Crippen molar-refractivity contribution >= 4 is 46.2 Å². The Bertz CT molecular complexity index is 784. The molecule has 2 aromatic heterocycles. The summed E-state index contributed by atoms with van der Waals surface area (Å²) >= 11 is 12.1. The molecule has 108 valence electrons. The van der Waals surface area contributed by atoms with E-state index in [9.17, 15) is 0 Å². The first-order chi connectivity index (χ1) is 10.2. The predicted octanol–water partition coefficient (Wildman–Crippen LogP) is 4.21. The van der Waals surface area contributed by atoms with Crippen LogP contribution in [0.25, 0.3) is 5.65 Å². The second-order valence-corrected chi connectivity index (χ2v) is 5.26. The third kappa shape index (κ3) is 2.89. The van der Waals surface area contributed by atoms with Gasteiger partial charge in [-0.15, -0.1) is 0 Å². The van der Waals surface area contributed by atoms with E-state index < -0.39 is 0 Å². The van der Waals surface area contributed by atoms with Crippen molar-refractivity contribution in [2.45, 2.75) is 6.92 Å². The fourth-order valence-corrected chi connectivity index (χ4v) is 2.46. The quantitative estimate of drug-likeness (QED) is 0.755. The van der Waals surface area contributed by atoms with Crippen LogP contribution in [0, 0.1) is 0 Å². The number of rotatable bonds is 4. The van der Waals surface area contributed by atoms with E-state index in [1.165, 1.54) is 0 Å². The molecule has 0 saturated heterocycles. The topological polar surface area (TPSA) is 54.2 Å². The van der Waals surface area contributed by atoms with Gasteiger partial charge in [-0.25, -0.2) is 9.97 Å². The molecule has 0 radical (unpaired) electrons. The summed E-state index contributed by atoms with van der Waals surface area (Å²) in [7, 11) is 0. The number of hydrogen-bond donors (Lipinski definition) is 2. The maximum Gasteiger partial charge on any atom is 0.180 e. The molecule has 7 heteroatoms. The van der Waals surface area contributed by atoms with E-state index in [1.54, 1.807) is 18.3 Å². The fraction of sp³-hybridized carbons (Fsp3) is 0.143. The van der Waals surface area contributed by atoms with Crippen LogP contribution in [0.5, 0.6) is 0 Å². The van der Waals surface area contributed by atoms with Gasteiger partial charge in [-0.3, -0.25) is 0 Å². The van der Waals surface area contributed by atoms with Gasteiger partial charge >= 0.3 is 0 Å². The molecule has 0 saturated carbocycles. The minimum absolute atomic E-state index is 0.530. The molecular weight excluding hydrogens is 309 g/mol. The average Bonchev–Trinajstić information content (AvgIpc) is 2.91. The van der Waals surface area contributed by atoms with Gasteiger partial charge in [0.05, 0.1) is 16.9 Å². The zero-order valence-corrected chi connectivity index (χ0v) is 12.8. The SMILES string of the molecule is CCNc1cn2ccnc2c(Nc2ccc(Cl)cc2Cl)n1. The number of imidazole rings is 1. The minimum atomic E-state index is 0.530. The van der Waals surface area contributed by atoms with E-state index in [0.29, 0.717) is 15.9 Å². The molecule has 2 N–H and O–H groups in total. The van der Waals surface area contributed by atoms with E-state index in [1.807, 2.05) is 29.8 Å².